The number of aliphatic hydroxyl groups excluding tert-OH is 1. The Bertz CT molecular complexity index is 225. The van der Waals surface area contributed by atoms with Crippen molar-refractivity contribution in [3.05, 3.63) is 0 Å². The zero-order valence-corrected chi connectivity index (χ0v) is 8.56. The molecule has 2 unspecified atom stereocenters. The Morgan fingerprint density at radius 3 is 2.50 bits per heavy atom. The minimum absolute atomic E-state index is 0.228. The van der Waals surface area contributed by atoms with Gasteiger partial charge in [-0.2, -0.15) is 0 Å². The summed E-state index contributed by atoms with van der Waals surface area (Å²) < 4.78 is 10.6. The van der Waals surface area contributed by atoms with Crippen molar-refractivity contribution in [2.24, 2.45) is 5.92 Å². The van der Waals surface area contributed by atoms with Crippen LogP contribution in [0.2, 0.25) is 0 Å². The van der Waals surface area contributed by atoms with Gasteiger partial charge in [-0.05, 0) is 20.8 Å². The maximum absolute atomic E-state index is 10.6. The van der Waals surface area contributed by atoms with E-state index in [4.69, 9.17) is 14.6 Å². The van der Waals surface area contributed by atoms with E-state index in [2.05, 4.69) is 0 Å². The summed E-state index contributed by atoms with van der Waals surface area (Å²) in [4.78, 5) is 10.6. The van der Waals surface area contributed by atoms with Gasteiger partial charge in [0.05, 0.1) is 18.6 Å². The first-order chi connectivity index (χ1) is 6.33. The Morgan fingerprint density at radius 1 is 1.57 bits per heavy atom. The predicted molar refractivity (Wildman–Crippen MR) is 47.7 cm³/mol. The molecule has 0 spiro atoms. The topological polar surface area (TPSA) is 76.0 Å². The van der Waals surface area contributed by atoms with E-state index in [0.717, 1.165) is 0 Å². The van der Waals surface area contributed by atoms with Crippen LogP contribution in [-0.4, -0.2) is 40.8 Å². The summed E-state index contributed by atoms with van der Waals surface area (Å²) in [7, 11) is 0. The van der Waals surface area contributed by atoms with E-state index in [1.165, 1.54) is 6.92 Å². The number of ether oxygens (including phenoxy) is 2. The number of hydrogen-bond acceptors (Lipinski definition) is 4. The summed E-state index contributed by atoms with van der Waals surface area (Å²) in [5, 5.41) is 18.3. The van der Waals surface area contributed by atoms with Crippen molar-refractivity contribution >= 4 is 5.97 Å². The molecule has 0 aromatic carbocycles. The lowest BCUT2D eigenvalue weighted by Gasteiger charge is -2.22. The smallest absolute Gasteiger partial charge is 0.308 e. The van der Waals surface area contributed by atoms with Crippen molar-refractivity contribution in [3.8, 4) is 0 Å². The molecule has 1 fully saturated rings. The molecule has 0 amide bonds. The van der Waals surface area contributed by atoms with E-state index in [1.807, 2.05) is 0 Å². The van der Waals surface area contributed by atoms with E-state index in [9.17, 15) is 9.90 Å². The van der Waals surface area contributed by atoms with Crippen LogP contribution in [0.25, 0.3) is 0 Å². The molecule has 14 heavy (non-hydrogen) atoms. The normalized spacial score (nSPS) is 29.9. The Hall–Kier alpha value is -0.650. The molecular formula is C9H16O5. The molecule has 2 N–H and O–H groups in total. The average Bonchev–Trinajstić information content (AvgIpc) is 2.43. The zero-order chi connectivity index (χ0) is 10.9. The average molecular weight is 204 g/mol. The lowest BCUT2D eigenvalue weighted by atomic mass is 10.0. The van der Waals surface area contributed by atoms with Crippen molar-refractivity contribution in [1.82, 2.24) is 0 Å². The van der Waals surface area contributed by atoms with Crippen molar-refractivity contribution in [1.29, 1.82) is 0 Å². The third kappa shape index (κ3) is 2.43. The van der Waals surface area contributed by atoms with Crippen LogP contribution in [-0.2, 0) is 14.3 Å². The molecule has 5 heteroatoms. The number of carboxylic acid groups (broad SMARTS) is 1. The molecule has 0 bridgehead atoms. The zero-order valence-electron chi connectivity index (χ0n) is 8.56. The number of carbonyl (C=O) groups is 1. The van der Waals surface area contributed by atoms with Gasteiger partial charge in [0.1, 0.15) is 6.10 Å². The fourth-order valence-corrected chi connectivity index (χ4v) is 1.35. The lowest BCUT2D eigenvalue weighted by molar-refractivity contribution is -0.164. The molecule has 1 aliphatic heterocycles. The molecule has 0 radical (unpaired) electrons. The number of rotatable bonds is 3. The second-order valence-corrected chi connectivity index (χ2v) is 3.98. The molecule has 0 aromatic rings. The predicted octanol–water partition coefficient (Wildman–Crippen LogP) is 0.219. The Balaban J connectivity index is 2.55. The van der Waals surface area contributed by atoms with E-state index < -0.39 is 29.9 Å². The van der Waals surface area contributed by atoms with E-state index in [0.29, 0.717) is 0 Å². The highest BCUT2D eigenvalue weighted by Gasteiger charge is 2.40. The van der Waals surface area contributed by atoms with Gasteiger partial charge in [-0.1, -0.05) is 0 Å². The molecule has 0 aromatic heterocycles. The van der Waals surface area contributed by atoms with Gasteiger partial charge in [0.2, 0.25) is 0 Å². The first-order valence-corrected chi connectivity index (χ1v) is 4.56. The van der Waals surface area contributed by atoms with Gasteiger partial charge in [-0.25, -0.2) is 0 Å². The molecular weight excluding hydrogens is 188 g/mol. The molecule has 0 saturated carbocycles. The van der Waals surface area contributed by atoms with Crippen molar-refractivity contribution in [2.45, 2.75) is 38.8 Å². The molecule has 82 valence electrons. The van der Waals surface area contributed by atoms with Crippen molar-refractivity contribution in [2.75, 3.05) is 6.61 Å². The van der Waals surface area contributed by atoms with Crippen molar-refractivity contribution in [3.63, 3.8) is 0 Å². The van der Waals surface area contributed by atoms with Gasteiger partial charge < -0.3 is 19.7 Å². The third-order valence-corrected chi connectivity index (χ3v) is 2.31. The van der Waals surface area contributed by atoms with Crippen LogP contribution in [0.4, 0.5) is 0 Å². The maximum Gasteiger partial charge on any atom is 0.308 e. The summed E-state index contributed by atoms with van der Waals surface area (Å²) in [6, 6.07) is 0. The highest BCUT2D eigenvalue weighted by atomic mass is 16.7. The summed E-state index contributed by atoms with van der Waals surface area (Å²) in [6.45, 7) is 5.13. The van der Waals surface area contributed by atoms with Crippen LogP contribution in [0, 0.1) is 5.92 Å². The number of carboxylic acids is 1. The summed E-state index contributed by atoms with van der Waals surface area (Å²) in [5.41, 5.74) is 0. The fraction of sp³-hybridized carbons (Fsp3) is 0.889. The molecule has 1 rings (SSSR count). The summed E-state index contributed by atoms with van der Waals surface area (Å²) >= 11 is 0. The van der Waals surface area contributed by atoms with Crippen LogP contribution in [0.5, 0.6) is 0 Å². The van der Waals surface area contributed by atoms with Gasteiger partial charge in [0.25, 0.3) is 0 Å². The molecule has 1 saturated heterocycles. The molecule has 5 nitrogen and oxygen atoms in total. The van der Waals surface area contributed by atoms with Crippen LogP contribution >= 0.6 is 0 Å². The fourth-order valence-electron chi connectivity index (χ4n) is 1.35. The van der Waals surface area contributed by atoms with Gasteiger partial charge >= 0.3 is 5.97 Å². The van der Waals surface area contributed by atoms with Gasteiger partial charge in [-0.3, -0.25) is 4.79 Å². The molecule has 3 atom stereocenters. The minimum atomic E-state index is -1.04. The van der Waals surface area contributed by atoms with Crippen LogP contribution < -0.4 is 0 Å². The van der Waals surface area contributed by atoms with Gasteiger partial charge in [0.15, 0.2) is 5.79 Å². The standard InChI is InChI=1S/C9H16O5/c1-5(8(11)12)7(10)6-4-13-9(2,3)14-6/h5-7,10H,4H2,1-3H3,(H,11,12)/t5?,6-,7?/m1/s1. The van der Waals surface area contributed by atoms with E-state index >= 15 is 0 Å². The first-order valence-electron chi connectivity index (χ1n) is 4.56. The second-order valence-electron chi connectivity index (χ2n) is 3.98. The van der Waals surface area contributed by atoms with Gasteiger partial charge in [-0.15, -0.1) is 0 Å². The quantitative estimate of drug-likeness (QED) is 0.687. The van der Waals surface area contributed by atoms with E-state index in [-0.39, 0.29) is 6.61 Å². The number of aliphatic carboxylic acids is 1. The van der Waals surface area contributed by atoms with Gasteiger partial charge in [0, 0.05) is 0 Å². The van der Waals surface area contributed by atoms with E-state index in [1.54, 1.807) is 13.8 Å². The monoisotopic (exact) mass is 204 g/mol. The number of aliphatic hydroxyl groups is 1. The summed E-state index contributed by atoms with van der Waals surface area (Å²) in [6.07, 6.45) is -1.59. The highest BCUT2D eigenvalue weighted by Crippen LogP contribution is 2.26. The second kappa shape index (κ2) is 3.84. The largest absolute Gasteiger partial charge is 0.481 e. The minimum Gasteiger partial charge on any atom is -0.481 e. The number of hydrogen-bond donors (Lipinski definition) is 2. The van der Waals surface area contributed by atoms with Crippen molar-refractivity contribution < 1.29 is 24.5 Å². The molecule has 1 heterocycles. The Kier molecular flexibility index (Phi) is 3.14. The molecule has 1 aliphatic rings. The lowest BCUT2D eigenvalue weighted by Crippen LogP contribution is -2.38. The van der Waals surface area contributed by atoms with Crippen LogP contribution in [0.3, 0.4) is 0 Å². The first kappa shape index (κ1) is 11.4. The summed E-state index contributed by atoms with van der Waals surface area (Å²) in [5.74, 6) is -2.62. The highest BCUT2D eigenvalue weighted by molar-refractivity contribution is 5.70. The third-order valence-electron chi connectivity index (χ3n) is 2.31. The molecule has 0 aliphatic carbocycles. The van der Waals surface area contributed by atoms with Crippen LogP contribution in [0.15, 0.2) is 0 Å². The van der Waals surface area contributed by atoms with Crippen LogP contribution in [0.1, 0.15) is 20.8 Å². The maximum atomic E-state index is 10.6. The Labute approximate surface area is 82.6 Å². The SMILES string of the molecule is CC(C(=O)O)C(O)[C@H]1COC(C)(C)O1. The Morgan fingerprint density at radius 2 is 2.14 bits per heavy atom.